The second-order valence-electron chi connectivity index (χ2n) is 6.47. The van der Waals surface area contributed by atoms with E-state index in [9.17, 15) is 0 Å². The number of hydrogen-bond donors (Lipinski definition) is 1. The lowest BCUT2D eigenvalue weighted by molar-refractivity contribution is 0.190. The van der Waals surface area contributed by atoms with E-state index in [4.69, 9.17) is 0 Å². The van der Waals surface area contributed by atoms with Crippen LogP contribution in [0, 0.1) is 0 Å². The molecule has 0 aromatic rings. The van der Waals surface area contributed by atoms with Crippen LogP contribution < -0.4 is 5.32 Å². The first-order valence-electron chi connectivity index (χ1n) is 8.71. The van der Waals surface area contributed by atoms with Gasteiger partial charge >= 0.3 is 0 Å². The standard InChI is InChI=1S/C17H36N2/c1-4-17-12-8-7-11-15-19(17)14-10-6-5-9-13-18-16(2)3/h16-18H,4-15H2,1-3H3. The van der Waals surface area contributed by atoms with Crippen LogP contribution >= 0.6 is 0 Å². The van der Waals surface area contributed by atoms with Gasteiger partial charge in [-0.05, 0) is 51.7 Å². The van der Waals surface area contributed by atoms with Crippen LogP contribution in [0.2, 0.25) is 0 Å². The first-order chi connectivity index (χ1) is 9.24. The van der Waals surface area contributed by atoms with Crippen LogP contribution in [0.15, 0.2) is 0 Å². The summed E-state index contributed by atoms with van der Waals surface area (Å²) in [4.78, 5) is 2.78. The van der Waals surface area contributed by atoms with Crippen molar-refractivity contribution in [1.82, 2.24) is 10.2 Å². The van der Waals surface area contributed by atoms with Crippen molar-refractivity contribution in [2.24, 2.45) is 0 Å². The molecule has 1 aliphatic heterocycles. The van der Waals surface area contributed by atoms with Crippen molar-refractivity contribution >= 4 is 0 Å². The number of nitrogens with one attached hydrogen (secondary N) is 1. The van der Waals surface area contributed by atoms with Gasteiger partial charge in [0.2, 0.25) is 0 Å². The van der Waals surface area contributed by atoms with Crippen LogP contribution in [-0.2, 0) is 0 Å². The second-order valence-corrected chi connectivity index (χ2v) is 6.47. The monoisotopic (exact) mass is 268 g/mol. The third-order valence-electron chi connectivity index (χ3n) is 4.40. The summed E-state index contributed by atoms with van der Waals surface area (Å²) in [5.74, 6) is 0. The van der Waals surface area contributed by atoms with Gasteiger partial charge in [-0.2, -0.15) is 0 Å². The van der Waals surface area contributed by atoms with E-state index >= 15 is 0 Å². The summed E-state index contributed by atoms with van der Waals surface area (Å²) in [6.45, 7) is 10.7. The fourth-order valence-electron chi connectivity index (χ4n) is 3.18. The molecule has 114 valence electrons. The van der Waals surface area contributed by atoms with E-state index in [0.717, 1.165) is 6.04 Å². The zero-order chi connectivity index (χ0) is 13.9. The Bertz CT molecular complexity index is 203. The highest BCUT2D eigenvalue weighted by molar-refractivity contribution is 4.74. The molecule has 0 spiro atoms. The third kappa shape index (κ3) is 7.94. The Morgan fingerprint density at radius 1 is 1.05 bits per heavy atom. The topological polar surface area (TPSA) is 15.3 Å². The van der Waals surface area contributed by atoms with Crippen LogP contribution in [0.5, 0.6) is 0 Å². The minimum absolute atomic E-state index is 0.641. The number of hydrogen-bond acceptors (Lipinski definition) is 2. The molecular weight excluding hydrogens is 232 g/mol. The first kappa shape index (κ1) is 17.0. The molecular formula is C17H36N2. The molecule has 1 unspecified atom stereocenters. The average molecular weight is 268 g/mol. The second kappa shape index (κ2) is 10.7. The molecule has 1 atom stereocenters. The zero-order valence-electron chi connectivity index (χ0n) is 13.6. The molecule has 2 heteroatoms. The Kier molecular flexibility index (Phi) is 9.54. The van der Waals surface area contributed by atoms with Gasteiger partial charge in [-0.15, -0.1) is 0 Å². The van der Waals surface area contributed by atoms with Crippen molar-refractivity contribution in [1.29, 1.82) is 0 Å². The molecule has 0 aromatic carbocycles. The number of nitrogens with zero attached hydrogens (tertiary/aromatic N) is 1. The summed E-state index contributed by atoms with van der Waals surface area (Å²) < 4.78 is 0. The Hall–Kier alpha value is -0.0800. The van der Waals surface area contributed by atoms with Gasteiger partial charge in [0.05, 0.1) is 0 Å². The zero-order valence-corrected chi connectivity index (χ0v) is 13.6. The number of unbranched alkanes of at least 4 members (excludes halogenated alkanes) is 3. The maximum absolute atomic E-state index is 3.50. The lowest BCUT2D eigenvalue weighted by Crippen LogP contribution is -2.35. The van der Waals surface area contributed by atoms with Crippen LogP contribution in [-0.4, -0.2) is 36.6 Å². The fourth-order valence-corrected chi connectivity index (χ4v) is 3.18. The predicted octanol–water partition coefficient (Wildman–Crippen LogP) is 4.20. The molecule has 1 saturated heterocycles. The van der Waals surface area contributed by atoms with E-state index < -0.39 is 0 Å². The van der Waals surface area contributed by atoms with Crippen molar-refractivity contribution in [2.75, 3.05) is 19.6 Å². The largest absolute Gasteiger partial charge is 0.315 e. The molecule has 0 aliphatic carbocycles. The maximum atomic E-state index is 3.50. The van der Waals surface area contributed by atoms with Gasteiger partial charge in [0.25, 0.3) is 0 Å². The van der Waals surface area contributed by atoms with Crippen molar-refractivity contribution in [3.05, 3.63) is 0 Å². The number of rotatable bonds is 9. The van der Waals surface area contributed by atoms with Gasteiger partial charge in [-0.1, -0.05) is 46.5 Å². The van der Waals surface area contributed by atoms with Gasteiger partial charge in [0.1, 0.15) is 0 Å². The first-order valence-corrected chi connectivity index (χ1v) is 8.71. The van der Waals surface area contributed by atoms with Crippen molar-refractivity contribution < 1.29 is 0 Å². The van der Waals surface area contributed by atoms with E-state index in [1.807, 2.05) is 0 Å². The van der Waals surface area contributed by atoms with Gasteiger partial charge in [0, 0.05) is 12.1 Å². The Labute approximate surface area is 121 Å². The lowest BCUT2D eigenvalue weighted by atomic mass is 10.1. The molecule has 2 nitrogen and oxygen atoms in total. The Morgan fingerprint density at radius 2 is 1.84 bits per heavy atom. The predicted molar refractivity (Wildman–Crippen MR) is 85.7 cm³/mol. The van der Waals surface area contributed by atoms with E-state index in [2.05, 4.69) is 31.0 Å². The van der Waals surface area contributed by atoms with Crippen molar-refractivity contribution in [3.8, 4) is 0 Å². The minimum Gasteiger partial charge on any atom is -0.315 e. The quantitative estimate of drug-likeness (QED) is 0.631. The van der Waals surface area contributed by atoms with Crippen LogP contribution in [0.4, 0.5) is 0 Å². The molecule has 1 fully saturated rings. The van der Waals surface area contributed by atoms with Crippen LogP contribution in [0.25, 0.3) is 0 Å². The normalized spacial score (nSPS) is 21.8. The van der Waals surface area contributed by atoms with Crippen LogP contribution in [0.1, 0.15) is 78.6 Å². The fraction of sp³-hybridized carbons (Fsp3) is 1.00. The maximum Gasteiger partial charge on any atom is 0.00926 e. The molecule has 1 N–H and O–H groups in total. The summed E-state index contributed by atoms with van der Waals surface area (Å²) in [5.41, 5.74) is 0. The van der Waals surface area contributed by atoms with E-state index in [1.54, 1.807) is 0 Å². The summed E-state index contributed by atoms with van der Waals surface area (Å²) in [6.07, 6.45) is 12.7. The van der Waals surface area contributed by atoms with Gasteiger partial charge in [-0.3, -0.25) is 0 Å². The smallest absolute Gasteiger partial charge is 0.00926 e. The molecule has 0 radical (unpaired) electrons. The SMILES string of the molecule is CCC1CCCCCN1CCCCCCNC(C)C. The summed E-state index contributed by atoms with van der Waals surface area (Å²) in [7, 11) is 0. The van der Waals surface area contributed by atoms with E-state index in [0.29, 0.717) is 6.04 Å². The molecule has 0 aromatic heterocycles. The van der Waals surface area contributed by atoms with Crippen LogP contribution in [0.3, 0.4) is 0 Å². The Balaban J connectivity index is 2.03. The lowest BCUT2D eigenvalue weighted by Gasteiger charge is -2.29. The van der Waals surface area contributed by atoms with Gasteiger partial charge < -0.3 is 10.2 Å². The molecule has 0 bridgehead atoms. The molecule has 0 saturated carbocycles. The Morgan fingerprint density at radius 3 is 2.58 bits per heavy atom. The summed E-state index contributed by atoms with van der Waals surface area (Å²) in [6, 6.07) is 1.52. The minimum atomic E-state index is 0.641. The average Bonchev–Trinajstić information content (AvgIpc) is 2.62. The highest BCUT2D eigenvalue weighted by Crippen LogP contribution is 2.19. The molecule has 0 amide bonds. The molecule has 1 heterocycles. The summed E-state index contributed by atoms with van der Waals surface area (Å²) in [5, 5.41) is 3.50. The third-order valence-corrected chi connectivity index (χ3v) is 4.40. The van der Waals surface area contributed by atoms with Gasteiger partial charge in [-0.25, -0.2) is 0 Å². The molecule has 19 heavy (non-hydrogen) atoms. The van der Waals surface area contributed by atoms with Crippen molar-refractivity contribution in [3.63, 3.8) is 0 Å². The van der Waals surface area contributed by atoms with Gasteiger partial charge in [0.15, 0.2) is 0 Å². The number of likely N-dealkylation sites (tertiary alicyclic amines) is 1. The molecule has 1 aliphatic rings. The summed E-state index contributed by atoms with van der Waals surface area (Å²) >= 11 is 0. The highest BCUT2D eigenvalue weighted by Gasteiger charge is 2.18. The van der Waals surface area contributed by atoms with E-state index in [1.165, 1.54) is 77.4 Å². The van der Waals surface area contributed by atoms with E-state index in [-0.39, 0.29) is 0 Å². The molecule has 1 rings (SSSR count). The van der Waals surface area contributed by atoms with Crippen molar-refractivity contribution in [2.45, 2.75) is 90.6 Å². The highest BCUT2D eigenvalue weighted by atomic mass is 15.1.